The van der Waals surface area contributed by atoms with E-state index in [2.05, 4.69) is 54.5 Å². The minimum absolute atomic E-state index is 0.0736. The quantitative estimate of drug-likeness (QED) is 0.644. The minimum Gasteiger partial charge on any atom is -0.249 e. The number of rotatable bonds is 4. The van der Waals surface area contributed by atoms with Crippen molar-refractivity contribution in [2.24, 2.45) is 0 Å². The van der Waals surface area contributed by atoms with Gasteiger partial charge in [0, 0.05) is 17.0 Å². The SMILES string of the molecule is CC.CC.CCCC(C)(c1ccccc1)c1nccs1. The molecule has 2 heteroatoms. The smallest absolute Gasteiger partial charge is 0.103 e. The lowest BCUT2D eigenvalue weighted by Crippen LogP contribution is -2.23. The molecule has 112 valence electrons. The molecule has 1 nitrogen and oxygen atoms in total. The second-order valence-corrected chi connectivity index (χ2v) is 5.18. The fraction of sp³-hybridized carbons (Fsp3) is 0.500. The number of nitrogens with zero attached hydrogens (tertiary/aromatic N) is 1. The molecular weight excluding hydrogens is 262 g/mol. The van der Waals surface area contributed by atoms with Gasteiger partial charge in [0.15, 0.2) is 0 Å². The number of benzene rings is 1. The van der Waals surface area contributed by atoms with Crippen LogP contribution in [0.25, 0.3) is 0 Å². The first kappa shape index (κ1) is 18.9. The molecule has 0 saturated carbocycles. The zero-order chi connectivity index (χ0) is 15.4. The standard InChI is InChI=1S/C14H17NS.2C2H6/c1-3-9-14(2,13-15-10-11-16-13)12-7-5-4-6-8-12;2*1-2/h4-8,10-11H,3,9H2,1-2H3;2*1-2H3. The predicted octanol–water partition coefficient (Wildman–Crippen LogP) is 6.30. The maximum atomic E-state index is 4.50. The largest absolute Gasteiger partial charge is 0.249 e. The van der Waals surface area contributed by atoms with Crippen LogP contribution in [0.4, 0.5) is 0 Å². The van der Waals surface area contributed by atoms with Gasteiger partial charge in [-0.15, -0.1) is 11.3 Å². The molecule has 0 bridgehead atoms. The molecule has 0 amide bonds. The van der Waals surface area contributed by atoms with Crippen molar-refractivity contribution >= 4 is 11.3 Å². The highest BCUT2D eigenvalue weighted by molar-refractivity contribution is 7.09. The fourth-order valence-electron chi connectivity index (χ4n) is 2.18. The second kappa shape index (κ2) is 10.6. The molecule has 20 heavy (non-hydrogen) atoms. The van der Waals surface area contributed by atoms with Gasteiger partial charge >= 0.3 is 0 Å². The second-order valence-electron chi connectivity index (χ2n) is 4.29. The van der Waals surface area contributed by atoms with E-state index in [1.807, 2.05) is 33.9 Å². The maximum Gasteiger partial charge on any atom is 0.103 e. The van der Waals surface area contributed by atoms with Crippen molar-refractivity contribution in [3.05, 3.63) is 52.5 Å². The van der Waals surface area contributed by atoms with E-state index in [4.69, 9.17) is 0 Å². The summed E-state index contributed by atoms with van der Waals surface area (Å²) >= 11 is 1.75. The maximum absolute atomic E-state index is 4.50. The highest BCUT2D eigenvalue weighted by atomic mass is 32.1. The highest BCUT2D eigenvalue weighted by Gasteiger charge is 2.30. The van der Waals surface area contributed by atoms with Gasteiger partial charge in [0.05, 0.1) is 0 Å². The summed E-state index contributed by atoms with van der Waals surface area (Å²) in [5.41, 5.74) is 1.44. The van der Waals surface area contributed by atoms with Crippen LogP contribution in [0, 0.1) is 0 Å². The van der Waals surface area contributed by atoms with Crippen molar-refractivity contribution in [3.63, 3.8) is 0 Å². The predicted molar refractivity (Wildman–Crippen MR) is 92.6 cm³/mol. The average molecular weight is 292 g/mol. The molecule has 1 atom stereocenters. The number of hydrogen-bond acceptors (Lipinski definition) is 2. The molecule has 0 fully saturated rings. The zero-order valence-corrected chi connectivity index (χ0v) is 14.6. The van der Waals surface area contributed by atoms with Crippen molar-refractivity contribution in [2.45, 2.75) is 59.8 Å². The van der Waals surface area contributed by atoms with Gasteiger partial charge in [-0.05, 0) is 18.9 Å². The van der Waals surface area contributed by atoms with E-state index >= 15 is 0 Å². The Morgan fingerprint density at radius 3 is 2.10 bits per heavy atom. The summed E-state index contributed by atoms with van der Waals surface area (Å²) in [6.45, 7) is 12.5. The third-order valence-corrected chi connectivity index (χ3v) is 4.10. The van der Waals surface area contributed by atoms with E-state index in [1.165, 1.54) is 17.0 Å². The van der Waals surface area contributed by atoms with Gasteiger partial charge in [0.2, 0.25) is 0 Å². The summed E-state index contributed by atoms with van der Waals surface area (Å²) in [6.07, 6.45) is 4.21. The molecule has 1 aromatic heterocycles. The van der Waals surface area contributed by atoms with Gasteiger partial charge < -0.3 is 0 Å². The summed E-state index contributed by atoms with van der Waals surface area (Å²) in [6, 6.07) is 10.7. The topological polar surface area (TPSA) is 12.9 Å². The highest BCUT2D eigenvalue weighted by Crippen LogP contribution is 2.37. The van der Waals surface area contributed by atoms with Gasteiger partial charge in [0.1, 0.15) is 5.01 Å². The molecule has 1 unspecified atom stereocenters. The fourth-order valence-corrected chi connectivity index (χ4v) is 3.03. The number of hydrogen-bond donors (Lipinski definition) is 0. The Morgan fingerprint density at radius 2 is 1.65 bits per heavy atom. The summed E-state index contributed by atoms with van der Waals surface area (Å²) in [4.78, 5) is 4.50. The molecule has 0 spiro atoms. The van der Waals surface area contributed by atoms with Crippen LogP contribution in [0.2, 0.25) is 0 Å². The Kier molecular flexibility index (Phi) is 10.0. The molecular formula is C18H29NS. The van der Waals surface area contributed by atoms with Crippen LogP contribution < -0.4 is 0 Å². The van der Waals surface area contributed by atoms with Crippen molar-refractivity contribution in [1.29, 1.82) is 0 Å². The molecule has 0 radical (unpaired) electrons. The lowest BCUT2D eigenvalue weighted by molar-refractivity contribution is 0.509. The Balaban J connectivity index is 0.000000829. The van der Waals surface area contributed by atoms with Gasteiger partial charge in [-0.2, -0.15) is 0 Å². The van der Waals surface area contributed by atoms with E-state index in [0.29, 0.717) is 0 Å². The average Bonchev–Trinajstić information content (AvgIpc) is 3.07. The zero-order valence-electron chi connectivity index (χ0n) is 13.8. The number of thiazole rings is 1. The van der Waals surface area contributed by atoms with Gasteiger partial charge in [-0.1, -0.05) is 71.4 Å². The van der Waals surface area contributed by atoms with Crippen LogP contribution >= 0.6 is 11.3 Å². The van der Waals surface area contributed by atoms with Crippen molar-refractivity contribution in [3.8, 4) is 0 Å². The Bertz CT molecular complexity index is 422. The van der Waals surface area contributed by atoms with E-state index in [-0.39, 0.29) is 5.41 Å². The molecule has 0 saturated heterocycles. The molecule has 0 N–H and O–H groups in total. The molecule has 0 aliphatic heterocycles. The van der Waals surface area contributed by atoms with E-state index < -0.39 is 0 Å². The first-order valence-electron chi connectivity index (χ1n) is 7.73. The lowest BCUT2D eigenvalue weighted by atomic mass is 9.79. The van der Waals surface area contributed by atoms with Crippen LogP contribution in [0.15, 0.2) is 41.9 Å². The van der Waals surface area contributed by atoms with Crippen LogP contribution in [0.1, 0.15) is 65.0 Å². The van der Waals surface area contributed by atoms with Crippen molar-refractivity contribution < 1.29 is 0 Å². The molecule has 1 aromatic carbocycles. The van der Waals surface area contributed by atoms with Gasteiger partial charge in [-0.25, -0.2) is 4.98 Å². The van der Waals surface area contributed by atoms with Crippen LogP contribution in [0.3, 0.4) is 0 Å². The first-order valence-corrected chi connectivity index (χ1v) is 8.61. The monoisotopic (exact) mass is 291 g/mol. The summed E-state index contributed by atoms with van der Waals surface area (Å²) in [5, 5.41) is 3.28. The lowest BCUT2D eigenvalue weighted by Gasteiger charge is -2.27. The molecule has 1 heterocycles. The van der Waals surface area contributed by atoms with E-state index in [0.717, 1.165) is 6.42 Å². The molecule has 2 aromatic rings. The first-order chi connectivity index (χ1) is 9.77. The molecule has 0 aliphatic rings. The van der Waals surface area contributed by atoms with E-state index in [1.54, 1.807) is 11.3 Å². The third kappa shape index (κ3) is 4.75. The summed E-state index contributed by atoms with van der Waals surface area (Å²) < 4.78 is 0. The summed E-state index contributed by atoms with van der Waals surface area (Å²) in [5.74, 6) is 0. The van der Waals surface area contributed by atoms with Crippen LogP contribution in [0.5, 0.6) is 0 Å². The van der Waals surface area contributed by atoms with E-state index in [9.17, 15) is 0 Å². The van der Waals surface area contributed by atoms with Crippen molar-refractivity contribution in [2.75, 3.05) is 0 Å². The Labute approximate surface area is 129 Å². The van der Waals surface area contributed by atoms with Gasteiger partial charge in [-0.3, -0.25) is 0 Å². The molecule has 2 rings (SSSR count). The third-order valence-electron chi connectivity index (χ3n) is 3.07. The normalized spacial score (nSPS) is 12.3. The number of aromatic nitrogens is 1. The van der Waals surface area contributed by atoms with Crippen molar-refractivity contribution in [1.82, 2.24) is 4.98 Å². The minimum atomic E-state index is 0.0736. The molecule has 0 aliphatic carbocycles. The van der Waals surface area contributed by atoms with Crippen LogP contribution in [-0.2, 0) is 5.41 Å². The van der Waals surface area contributed by atoms with Gasteiger partial charge in [0.25, 0.3) is 0 Å². The Morgan fingerprint density at radius 1 is 1.05 bits per heavy atom. The Hall–Kier alpha value is -1.15. The summed E-state index contributed by atoms with van der Waals surface area (Å²) in [7, 11) is 0. The van der Waals surface area contributed by atoms with Crippen LogP contribution in [-0.4, -0.2) is 4.98 Å².